The number of hydrogen-bond donors (Lipinski definition) is 0. The lowest BCUT2D eigenvalue weighted by Crippen LogP contribution is -2.43. The Morgan fingerprint density at radius 2 is 1.66 bits per heavy atom. The molecule has 0 N–H and O–H groups in total. The molecule has 1 heterocycles. The van der Waals surface area contributed by atoms with Crippen molar-refractivity contribution in [1.82, 2.24) is 4.90 Å². The van der Waals surface area contributed by atoms with Gasteiger partial charge in [0, 0.05) is 11.6 Å². The molecule has 1 atom stereocenters. The average molecular weight is 469 g/mol. The SMILES string of the molecule is Cc1ccccc1S(=O)(=O)N(CC(=O)N1CCCC1c1ccccc1)c1ccc(Cl)cc1. The van der Waals surface area contributed by atoms with Crippen LogP contribution in [-0.4, -0.2) is 32.3 Å². The van der Waals surface area contributed by atoms with E-state index in [0.29, 0.717) is 22.8 Å². The standard InChI is InChI=1S/C25H25ClN2O3S/c1-19-8-5-6-12-24(19)32(30,31)28(22-15-13-21(26)14-16-22)18-25(29)27-17-7-11-23(27)20-9-3-2-4-10-20/h2-6,8-10,12-16,23H,7,11,17-18H2,1H3. The molecule has 3 aromatic carbocycles. The predicted molar refractivity (Wildman–Crippen MR) is 127 cm³/mol. The highest BCUT2D eigenvalue weighted by Crippen LogP contribution is 2.33. The van der Waals surface area contributed by atoms with Gasteiger partial charge in [0.05, 0.1) is 16.6 Å². The Labute approximate surface area is 194 Å². The third-order valence-corrected chi connectivity index (χ3v) is 8.00. The van der Waals surface area contributed by atoms with E-state index < -0.39 is 10.0 Å². The summed E-state index contributed by atoms with van der Waals surface area (Å²) in [4.78, 5) is 15.4. The van der Waals surface area contributed by atoms with Crippen molar-refractivity contribution in [3.8, 4) is 0 Å². The molecular weight excluding hydrogens is 444 g/mol. The fourth-order valence-electron chi connectivity index (χ4n) is 4.19. The molecule has 3 aromatic rings. The number of carbonyl (C=O) groups excluding carboxylic acids is 1. The number of hydrogen-bond acceptors (Lipinski definition) is 3. The summed E-state index contributed by atoms with van der Waals surface area (Å²) in [5.41, 5.74) is 2.10. The molecule has 1 aliphatic rings. The fourth-order valence-corrected chi connectivity index (χ4v) is 5.96. The van der Waals surface area contributed by atoms with Crippen LogP contribution in [0.2, 0.25) is 5.02 Å². The summed E-state index contributed by atoms with van der Waals surface area (Å²) in [6, 6.07) is 23.2. The molecule has 1 aliphatic heterocycles. The van der Waals surface area contributed by atoms with Crippen molar-refractivity contribution < 1.29 is 13.2 Å². The molecule has 1 amide bonds. The van der Waals surface area contributed by atoms with Crippen molar-refractivity contribution in [2.45, 2.75) is 30.7 Å². The second kappa shape index (κ2) is 9.35. The van der Waals surface area contributed by atoms with E-state index in [1.54, 1.807) is 60.4 Å². The van der Waals surface area contributed by atoms with Crippen molar-refractivity contribution in [1.29, 1.82) is 0 Å². The van der Waals surface area contributed by atoms with Crippen molar-refractivity contribution in [2.75, 3.05) is 17.4 Å². The quantitative estimate of drug-likeness (QED) is 0.499. The highest BCUT2D eigenvalue weighted by molar-refractivity contribution is 7.93. The molecule has 0 spiro atoms. The van der Waals surface area contributed by atoms with Crippen molar-refractivity contribution >= 4 is 33.2 Å². The first kappa shape index (κ1) is 22.4. The van der Waals surface area contributed by atoms with Gasteiger partial charge in [0.2, 0.25) is 5.91 Å². The first-order valence-corrected chi connectivity index (χ1v) is 12.4. The van der Waals surface area contributed by atoms with E-state index in [1.165, 1.54) is 4.31 Å². The van der Waals surface area contributed by atoms with E-state index in [0.717, 1.165) is 18.4 Å². The average Bonchev–Trinajstić information content (AvgIpc) is 3.29. The Bertz CT molecular complexity index is 1200. The third kappa shape index (κ3) is 4.52. The Balaban J connectivity index is 1.69. The van der Waals surface area contributed by atoms with Crippen LogP contribution in [0.4, 0.5) is 5.69 Å². The van der Waals surface area contributed by atoms with Crippen LogP contribution in [0.5, 0.6) is 0 Å². The number of likely N-dealkylation sites (tertiary alicyclic amines) is 1. The van der Waals surface area contributed by atoms with E-state index in [4.69, 9.17) is 11.6 Å². The summed E-state index contributed by atoms with van der Waals surface area (Å²) in [5, 5.41) is 0.497. The molecule has 0 saturated carbocycles. The van der Waals surface area contributed by atoms with Crippen molar-refractivity contribution in [3.63, 3.8) is 0 Å². The number of amides is 1. The number of sulfonamides is 1. The van der Waals surface area contributed by atoms with Gasteiger partial charge in [-0.25, -0.2) is 8.42 Å². The van der Waals surface area contributed by atoms with Gasteiger partial charge in [-0.05, 0) is 61.2 Å². The molecule has 1 saturated heterocycles. The largest absolute Gasteiger partial charge is 0.334 e. The van der Waals surface area contributed by atoms with Crippen LogP contribution in [0.3, 0.4) is 0 Å². The Kier molecular flexibility index (Phi) is 6.53. The first-order valence-electron chi connectivity index (χ1n) is 10.6. The molecule has 0 bridgehead atoms. The number of halogens is 1. The topological polar surface area (TPSA) is 57.7 Å². The zero-order chi connectivity index (χ0) is 22.7. The van der Waals surface area contributed by atoms with E-state index in [9.17, 15) is 13.2 Å². The minimum atomic E-state index is -3.96. The summed E-state index contributed by atoms with van der Waals surface area (Å²) < 4.78 is 28.5. The van der Waals surface area contributed by atoms with Gasteiger partial charge in [-0.2, -0.15) is 0 Å². The van der Waals surface area contributed by atoms with Crippen LogP contribution in [0.25, 0.3) is 0 Å². The summed E-state index contributed by atoms with van der Waals surface area (Å²) in [6.45, 7) is 2.08. The van der Waals surface area contributed by atoms with Gasteiger partial charge in [0.1, 0.15) is 6.54 Å². The molecule has 1 fully saturated rings. The predicted octanol–water partition coefficient (Wildman–Crippen LogP) is 5.21. The van der Waals surface area contributed by atoms with Gasteiger partial charge in [0.15, 0.2) is 0 Å². The fraction of sp³-hybridized carbons (Fsp3) is 0.240. The summed E-state index contributed by atoms with van der Waals surface area (Å²) in [7, 11) is -3.96. The maximum absolute atomic E-state index is 13.7. The molecule has 32 heavy (non-hydrogen) atoms. The normalized spacial score (nSPS) is 16.2. The second-order valence-corrected chi connectivity index (χ2v) is 10.2. The number of carbonyl (C=O) groups is 1. The molecular formula is C25H25ClN2O3S. The third-order valence-electron chi connectivity index (χ3n) is 5.81. The highest BCUT2D eigenvalue weighted by Gasteiger charge is 2.34. The van der Waals surface area contributed by atoms with Crippen LogP contribution in [0.15, 0.2) is 83.8 Å². The zero-order valence-electron chi connectivity index (χ0n) is 17.8. The van der Waals surface area contributed by atoms with Gasteiger partial charge in [0.25, 0.3) is 10.0 Å². The van der Waals surface area contributed by atoms with E-state index in [-0.39, 0.29) is 23.4 Å². The van der Waals surface area contributed by atoms with Gasteiger partial charge >= 0.3 is 0 Å². The Morgan fingerprint density at radius 1 is 1.00 bits per heavy atom. The van der Waals surface area contributed by atoms with Crippen LogP contribution >= 0.6 is 11.6 Å². The Hall–Kier alpha value is -2.83. The maximum atomic E-state index is 13.7. The smallest absolute Gasteiger partial charge is 0.265 e. The molecule has 5 nitrogen and oxygen atoms in total. The molecule has 4 rings (SSSR count). The van der Waals surface area contributed by atoms with Gasteiger partial charge < -0.3 is 4.90 Å². The summed E-state index contributed by atoms with van der Waals surface area (Å²) in [6.07, 6.45) is 1.75. The molecule has 0 aromatic heterocycles. The van der Waals surface area contributed by atoms with E-state index in [2.05, 4.69) is 0 Å². The van der Waals surface area contributed by atoms with Crippen molar-refractivity contribution in [2.24, 2.45) is 0 Å². The number of rotatable bonds is 6. The second-order valence-electron chi connectivity index (χ2n) is 7.91. The number of benzene rings is 3. The minimum Gasteiger partial charge on any atom is -0.334 e. The molecule has 166 valence electrons. The first-order chi connectivity index (χ1) is 15.4. The number of aryl methyl sites for hydroxylation is 1. The maximum Gasteiger partial charge on any atom is 0.265 e. The van der Waals surface area contributed by atoms with Crippen LogP contribution < -0.4 is 4.31 Å². The summed E-state index contributed by atoms with van der Waals surface area (Å²) in [5.74, 6) is -0.219. The zero-order valence-corrected chi connectivity index (χ0v) is 19.4. The highest BCUT2D eigenvalue weighted by atomic mass is 35.5. The molecule has 0 aliphatic carbocycles. The van der Waals surface area contributed by atoms with Gasteiger partial charge in [-0.1, -0.05) is 60.1 Å². The van der Waals surface area contributed by atoms with Crippen LogP contribution in [-0.2, 0) is 14.8 Å². The minimum absolute atomic E-state index is 0.0445. The molecule has 7 heteroatoms. The number of nitrogens with zero attached hydrogens (tertiary/aromatic N) is 2. The van der Waals surface area contributed by atoms with Crippen LogP contribution in [0.1, 0.15) is 30.0 Å². The summed E-state index contributed by atoms with van der Waals surface area (Å²) >= 11 is 6.03. The molecule has 0 radical (unpaired) electrons. The Morgan fingerprint density at radius 3 is 2.34 bits per heavy atom. The lowest BCUT2D eigenvalue weighted by Gasteiger charge is -2.30. The van der Waals surface area contributed by atoms with E-state index in [1.807, 2.05) is 30.3 Å². The van der Waals surface area contributed by atoms with Gasteiger partial charge in [-0.3, -0.25) is 9.10 Å². The lowest BCUT2D eigenvalue weighted by atomic mass is 10.0. The molecule has 1 unspecified atom stereocenters. The van der Waals surface area contributed by atoms with Crippen LogP contribution in [0, 0.1) is 6.92 Å². The van der Waals surface area contributed by atoms with Gasteiger partial charge in [-0.15, -0.1) is 0 Å². The number of anilines is 1. The van der Waals surface area contributed by atoms with E-state index >= 15 is 0 Å². The lowest BCUT2D eigenvalue weighted by molar-refractivity contribution is -0.130. The monoisotopic (exact) mass is 468 g/mol. The van der Waals surface area contributed by atoms with Crippen molar-refractivity contribution in [3.05, 3.63) is 95.0 Å².